The van der Waals surface area contributed by atoms with Crippen LogP contribution in [0.5, 0.6) is 5.75 Å². The topological polar surface area (TPSA) is 71.1 Å². The minimum absolute atomic E-state index is 0.238. The standard InChI is InChI=1S/C25H20ClN3O2/c26-22-9-5-4-8-20(22)17-30-21-12-10-19(11-13-21)24-29-23(16-27)25(31-24)28-15-14-18-6-2-1-3-7-18/h1-13,28H,14-15,17H2. The number of nitrogens with one attached hydrogen (secondary N) is 1. The molecule has 3 aromatic carbocycles. The average Bonchev–Trinajstić information content (AvgIpc) is 3.23. The van der Waals surface area contributed by atoms with Crippen LogP contribution in [-0.4, -0.2) is 11.5 Å². The molecular weight excluding hydrogens is 410 g/mol. The molecular formula is C25H20ClN3O2. The molecule has 0 unspecified atom stereocenters. The van der Waals surface area contributed by atoms with Crippen molar-refractivity contribution in [3.05, 3.63) is 101 Å². The molecule has 154 valence electrons. The van der Waals surface area contributed by atoms with Gasteiger partial charge in [0, 0.05) is 22.7 Å². The smallest absolute Gasteiger partial charge is 0.232 e. The van der Waals surface area contributed by atoms with Crippen molar-refractivity contribution in [3.63, 3.8) is 0 Å². The van der Waals surface area contributed by atoms with Gasteiger partial charge in [-0.1, -0.05) is 60.1 Å². The van der Waals surface area contributed by atoms with Gasteiger partial charge < -0.3 is 14.5 Å². The van der Waals surface area contributed by atoms with E-state index in [0.29, 0.717) is 35.7 Å². The van der Waals surface area contributed by atoms with E-state index in [0.717, 1.165) is 17.5 Å². The van der Waals surface area contributed by atoms with Gasteiger partial charge in [-0.2, -0.15) is 10.2 Å². The van der Waals surface area contributed by atoms with Crippen LogP contribution in [0, 0.1) is 11.3 Å². The number of halogens is 1. The molecule has 4 aromatic rings. The summed E-state index contributed by atoms with van der Waals surface area (Å²) in [6.07, 6.45) is 0.819. The number of anilines is 1. The van der Waals surface area contributed by atoms with E-state index in [2.05, 4.69) is 28.5 Å². The largest absolute Gasteiger partial charge is 0.489 e. The summed E-state index contributed by atoms with van der Waals surface area (Å²) in [6.45, 7) is 1.02. The van der Waals surface area contributed by atoms with Gasteiger partial charge in [0.25, 0.3) is 0 Å². The van der Waals surface area contributed by atoms with E-state index in [1.165, 1.54) is 5.56 Å². The normalized spacial score (nSPS) is 10.5. The van der Waals surface area contributed by atoms with Crippen LogP contribution in [0.15, 0.2) is 83.3 Å². The van der Waals surface area contributed by atoms with Crippen LogP contribution in [0.3, 0.4) is 0 Å². The van der Waals surface area contributed by atoms with E-state index in [4.69, 9.17) is 20.8 Å². The van der Waals surface area contributed by atoms with Gasteiger partial charge in [-0.25, -0.2) is 0 Å². The highest BCUT2D eigenvalue weighted by Crippen LogP contribution is 2.27. The van der Waals surface area contributed by atoms with Gasteiger partial charge in [0.1, 0.15) is 18.4 Å². The highest BCUT2D eigenvalue weighted by molar-refractivity contribution is 6.31. The predicted octanol–water partition coefficient (Wildman–Crippen LogP) is 6.10. The summed E-state index contributed by atoms with van der Waals surface area (Å²) in [4.78, 5) is 4.31. The fourth-order valence-corrected chi connectivity index (χ4v) is 3.26. The zero-order valence-electron chi connectivity index (χ0n) is 16.7. The van der Waals surface area contributed by atoms with Crippen LogP contribution in [0.4, 0.5) is 5.88 Å². The van der Waals surface area contributed by atoms with Crippen molar-refractivity contribution in [2.75, 3.05) is 11.9 Å². The van der Waals surface area contributed by atoms with Gasteiger partial charge >= 0.3 is 0 Å². The molecule has 6 heteroatoms. The molecule has 5 nitrogen and oxygen atoms in total. The molecule has 0 atom stereocenters. The Kier molecular flexibility index (Phi) is 6.51. The number of benzene rings is 3. The number of oxazole rings is 1. The monoisotopic (exact) mass is 429 g/mol. The number of nitrogens with zero attached hydrogens (tertiary/aromatic N) is 2. The molecule has 0 aliphatic rings. The molecule has 0 aliphatic carbocycles. The molecule has 0 aliphatic heterocycles. The van der Waals surface area contributed by atoms with E-state index in [-0.39, 0.29) is 5.69 Å². The summed E-state index contributed by atoms with van der Waals surface area (Å²) in [5, 5.41) is 13.2. The van der Waals surface area contributed by atoms with Crippen LogP contribution in [0.1, 0.15) is 16.8 Å². The summed E-state index contributed by atoms with van der Waals surface area (Å²) in [5.41, 5.74) is 3.13. The number of nitriles is 1. The zero-order valence-corrected chi connectivity index (χ0v) is 17.5. The van der Waals surface area contributed by atoms with E-state index in [1.54, 1.807) is 0 Å². The van der Waals surface area contributed by atoms with E-state index < -0.39 is 0 Å². The van der Waals surface area contributed by atoms with E-state index >= 15 is 0 Å². The van der Waals surface area contributed by atoms with Crippen molar-refractivity contribution in [3.8, 4) is 23.3 Å². The molecule has 0 amide bonds. The number of rotatable bonds is 8. The summed E-state index contributed by atoms with van der Waals surface area (Å²) < 4.78 is 11.6. The van der Waals surface area contributed by atoms with Gasteiger partial charge in [0.15, 0.2) is 0 Å². The van der Waals surface area contributed by atoms with Crippen molar-refractivity contribution < 1.29 is 9.15 Å². The second kappa shape index (κ2) is 9.84. The maximum absolute atomic E-state index is 9.40. The second-order valence-corrected chi connectivity index (χ2v) is 7.28. The highest BCUT2D eigenvalue weighted by Gasteiger charge is 2.14. The predicted molar refractivity (Wildman–Crippen MR) is 121 cm³/mol. The van der Waals surface area contributed by atoms with Crippen molar-refractivity contribution >= 4 is 17.5 Å². The Labute approximate surface area is 185 Å². The first-order chi connectivity index (χ1) is 15.2. The first-order valence-corrected chi connectivity index (χ1v) is 10.3. The average molecular weight is 430 g/mol. The Hall–Kier alpha value is -3.75. The Morgan fingerprint density at radius 1 is 0.968 bits per heavy atom. The van der Waals surface area contributed by atoms with E-state index in [9.17, 15) is 5.26 Å². The molecule has 0 radical (unpaired) electrons. The molecule has 4 rings (SSSR count). The van der Waals surface area contributed by atoms with Crippen molar-refractivity contribution in [1.82, 2.24) is 4.98 Å². The molecule has 1 heterocycles. The lowest BCUT2D eigenvalue weighted by atomic mass is 10.1. The molecule has 0 bridgehead atoms. The summed E-state index contributed by atoms with van der Waals surface area (Å²) in [7, 11) is 0. The number of hydrogen-bond acceptors (Lipinski definition) is 5. The second-order valence-electron chi connectivity index (χ2n) is 6.88. The van der Waals surface area contributed by atoms with Crippen molar-refractivity contribution in [2.24, 2.45) is 0 Å². The Balaban J connectivity index is 1.39. The van der Waals surface area contributed by atoms with Gasteiger partial charge in [0.05, 0.1) is 0 Å². The molecule has 31 heavy (non-hydrogen) atoms. The lowest BCUT2D eigenvalue weighted by molar-refractivity contribution is 0.306. The molecule has 0 spiro atoms. The van der Waals surface area contributed by atoms with Crippen LogP contribution >= 0.6 is 11.6 Å². The zero-order chi connectivity index (χ0) is 21.5. The minimum atomic E-state index is 0.238. The van der Waals surface area contributed by atoms with Crippen LogP contribution in [0.25, 0.3) is 11.5 Å². The number of ether oxygens (including phenoxy) is 1. The lowest BCUT2D eigenvalue weighted by Crippen LogP contribution is -2.05. The minimum Gasteiger partial charge on any atom is -0.489 e. The van der Waals surface area contributed by atoms with Gasteiger partial charge in [-0.15, -0.1) is 0 Å². The fraction of sp³-hybridized carbons (Fsp3) is 0.120. The third-order valence-corrected chi connectivity index (χ3v) is 5.10. The number of aromatic nitrogens is 1. The molecule has 0 saturated carbocycles. The molecule has 1 N–H and O–H groups in total. The van der Waals surface area contributed by atoms with E-state index in [1.807, 2.05) is 66.7 Å². The third-order valence-electron chi connectivity index (χ3n) is 4.73. The number of hydrogen-bond donors (Lipinski definition) is 1. The maximum atomic E-state index is 9.40. The first kappa shape index (κ1) is 20.5. The summed E-state index contributed by atoms with van der Waals surface area (Å²) in [5.74, 6) is 1.47. The summed E-state index contributed by atoms with van der Waals surface area (Å²) >= 11 is 6.16. The quantitative estimate of drug-likeness (QED) is 0.366. The molecule has 0 fully saturated rings. The summed E-state index contributed by atoms with van der Waals surface area (Å²) in [6, 6.07) is 27.2. The maximum Gasteiger partial charge on any atom is 0.232 e. The Bertz CT molecular complexity index is 1180. The lowest BCUT2D eigenvalue weighted by Gasteiger charge is -2.08. The fourth-order valence-electron chi connectivity index (χ4n) is 3.07. The van der Waals surface area contributed by atoms with Crippen LogP contribution < -0.4 is 10.1 Å². The van der Waals surface area contributed by atoms with Crippen molar-refractivity contribution in [2.45, 2.75) is 13.0 Å². The van der Waals surface area contributed by atoms with Gasteiger partial charge in [-0.3, -0.25) is 0 Å². The third kappa shape index (κ3) is 5.25. The Morgan fingerprint density at radius 3 is 2.45 bits per heavy atom. The highest BCUT2D eigenvalue weighted by atomic mass is 35.5. The molecule has 0 saturated heterocycles. The molecule has 1 aromatic heterocycles. The van der Waals surface area contributed by atoms with Gasteiger partial charge in [-0.05, 0) is 42.3 Å². The first-order valence-electron chi connectivity index (χ1n) is 9.88. The van der Waals surface area contributed by atoms with Crippen molar-refractivity contribution in [1.29, 1.82) is 5.26 Å². The van der Waals surface area contributed by atoms with Crippen LogP contribution in [0.2, 0.25) is 5.02 Å². The SMILES string of the molecule is N#Cc1nc(-c2ccc(OCc3ccccc3Cl)cc2)oc1NCCc1ccccc1. The van der Waals surface area contributed by atoms with Crippen LogP contribution in [-0.2, 0) is 13.0 Å². The van der Waals surface area contributed by atoms with Gasteiger partial charge in [0.2, 0.25) is 17.5 Å². The Morgan fingerprint density at radius 2 is 1.71 bits per heavy atom.